The average molecular weight is 244 g/mol. The maximum atomic E-state index is 6.35. The van der Waals surface area contributed by atoms with Gasteiger partial charge in [-0.05, 0) is 18.8 Å². The number of hydrogen-bond donors (Lipinski definition) is 1. The molecule has 1 aliphatic rings. The first-order chi connectivity index (χ1) is 7.38. The van der Waals surface area contributed by atoms with E-state index in [1.165, 1.54) is 18.1 Å². The van der Waals surface area contributed by atoms with Crippen molar-refractivity contribution in [3.05, 3.63) is 0 Å². The van der Waals surface area contributed by atoms with Crippen molar-refractivity contribution in [2.75, 3.05) is 18.1 Å². The molecule has 0 aromatic rings. The quantitative estimate of drug-likeness (QED) is 0.827. The summed E-state index contributed by atoms with van der Waals surface area (Å²) < 4.78 is 0. The molecule has 1 heterocycles. The summed E-state index contributed by atoms with van der Waals surface area (Å²) in [4.78, 5) is 2.64. The van der Waals surface area contributed by atoms with Gasteiger partial charge in [0, 0.05) is 36.2 Å². The van der Waals surface area contributed by atoms with Gasteiger partial charge in [-0.15, -0.1) is 0 Å². The van der Waals surface area contributed by atoms with Crippen molar-refractivity contribution in [3.8, 4) is 0 Å². The summed E-state index contributed by atoms with van der Waals surface area (Å²) in [5.74, 6) is 2.51. The fourth-order valence-electron chi connectivity index (χ4n) is 2.76. The monoisotopic (exact) mass is 244 g/mol. The van der Waals surface area contributed by atoms with E-state index in [9.17, 15) is 0 Å². The third kappa shape index (κ3) is 3.38. The van der Waals surface area contributed by atoms with Crippen LogP contribution in [-0.2, 0) is 0 Å². The van der Waals surface area contributed by atoms with Crippen LogP contribution in [-0.4, -0.2) is 41.1 Å². The smallest absolute Gasteiger partial charge is 0.0298 e. The van der Waals surface area contributed by atoms with E-state index in [0.717, 1.165) is 6.42 Å². The van der Waals surface area contributed by atoms with E-state index in [0.29, 0.717) is 18.1 Å². The van der Waals surface area contributed by atoms with Crippen molar-refractivity contribution in [2.24, 2.45) is 11.1 Å². The lowest BCUT2D eigenvalue weighted by Gasteiger charge is -2.48. The molecule has 3 atom stereocenters. The van der Waals surface area contributed by atoms with Crippen LogP contribution in [0.25, 0.3) is 0 Å². The normalized spacial score (nSPS) is 27.8. The van der Waals surface area contributed by atoms with Crippen molar-refractivity contribution in [2.45, 2.75) is 59.2 Å². The highest BCUT2D eigenvalue weighted by Gasteiger charge is 2.37. The number of thioether (sulfide) groups is 1. The van der Waals surface area contributed by atoms with Crippen molar-refractivity contribution >= 4 is 11.8 Å². The molecule has 0 spiro atoms. The first kappa shape index (κ1) is 14.3. The van der Waals surface area contributed by atoms with Gasteiger partial charge in [0.1, 0.15) is 0 Å². The average Bonchev–Trinajstić information content (AvgIpc) is 2.19. The Morgan fingerprint density at radius 2 is 2.06 bits per heavy atom. The largest absolute Gasteiger partial charge is 0.326 e. The molecule has 1 fully saturated rings. The van der Waals surface area contributed by atoms with Gasteiger partial charge in [0.15, 0.2) is 0 Å². The highest BCUT2D eigenvalue weighted by atomic mass is 32.2. The molecule has 0 amide bonds. The molecule has 3 heteroatoms. The van der Waals surface area contributed by atoms with Crippen LogP contribution in [0.1, 0.15) is 41.0 Å². The standard InChI is InChI=1S/C13H28N2S/c1-6-11(14)12(13(3,4)5)15-7-8-16-9-10(15)2/h10-12H,6-9,14H2,1-5H3. The molecule has 1 saturated heterocycles. The lowest BCUT2D eigenvalue weighted by molar-refractivity contribution is 0.0552. The molecular weight excluding hydrogens is 216 g/mol. The molecule has 0 aromatic heterocycles. The molecule has 1 rings (SSSR count). The van der Waals surface area contributed by atoms with E-state index >= 15 is 0 Å². The zero-order chi connectivity index (χ0) is 12.3. The molecule has 2 nitrogen and oxygen atoms in total. The molecule has 16 heavy (non-hydrogen) atoms. The maximum Gasteiger partial charge on any atom is 0.0298 e. The fourth-order valence-corrected chi connectivity index (χ4v) is 3.80. The Hall–Kier alpha value is 0.270. The minimum Gasteiger partial charge on any atom is -0.326 e. The second-order valence-corrected chi connectivity index (χ2v) is 7.19. The van der Waals surface area contributed by atoms with Gasteiger partial charge in [0.05, 0.1) is 0 Å². The van der Waals surface area contributed by atoms with Crippen LogP contribution in [0.4, 0.5) is 0 Å². The third-order valence-corrected chi connectivity index (χ3v) is 4.73. The number of nitrogens with zero attached hydrogens (tertiary/aromatic N) is 1. The van der Waals surface area contributed by atoms with E-state index < -0.39 is 0 Å². The molecule has 0 aliphatic carbocycles. The van der Waals surface area contributed by atoms with Crippen LogP contribution in [0, 0.1) is 5.41 Å². The van der Waals surface area contributed by atoms with Crippen molar-refractivity contribution in [1.82, 2.24) is 4.90 Å². The molecule has 2 N–H and O–H groups in total. The minimum absolute atomic E-state index is 0.270. The Labute approximate surface area is 105 Å². The fraction of sp³-hybridized carbons (Fsp3) is 1.00. The summed E-state index contributed by atoms with van der Waals surface area (Å²) in [6.45, 7) is 12.7. The SMILES string of the molecule is CCC(N)C(N1CCSCC1C)C(C)(C)C. The van der Waals surface area contributed by atoms with E-state index in [-0.39, 0.29) is 5.41 Å². The lowest BCUT2D eigenvalue weighted by atomic mass is 9.80. The zero-order valence-electron chi connectivity index (χ0n) is 11.5. The Bertz CT molecular complexity index is 212. The molecule has 0 bridgehead atoms. The molecule has 3 unspecified atom stereocenters. The number of rotatable bonds is 3. The van der Waals surface area contributed by atoms with Crippen LogP contribution < -0.4 is 5.73 Å². The molecule has 0 saturated carbocycles. The van der Waals surface area contributed by atoms with Gasteiger partial charge >= 0.3 is 0 Å². The van der Waals surface area contributed by atoms with Crippen LogP contribution in [0.5, 0.6) is 0 Å². The molecule has 1 aliphatic heterocycles. The summed E-state index contributed by atoms with van der Waals surface area (Å²) in [6, 6.07) is 1.47. The second-order valence-electron chi connectivity index (χ2n) is 6.04. The van der Waals surface area contributed by atoms with Crippen molar-refractivity contribution < 1.29 is 0 Å². The molecule has 0 aromatic carbocycles. The third-order valence-electron chi connectivity index (χ3n) is 3.54. The van der Waals surface area contributed by atoms with Gasteiger partial charge in [-0.1, -0.05) is 27.7 Å². The van der Waals surface area contributed by atoms with E-state index in [1.54, 1.807) is 0 Å². The van der Waals surface area contributed by atoms with E-state index in [4.69, 9.17) is 5.73 Å². The lowest BCUT2D eigenvalue weighted by Crippen LogP contribution is -2.59. The van der Waals surface area contributed by atoms with E-state index in [1.807, 2.05) is 0 Å². The Morgan fingerprint density at radius 3 is 2.50 bits per heavy atom. The summed E-state index contributed by atoms with van der Waals surface area (Å²) in [5.41, 5.74) is 6.62. The minimum atomic E-state index is 0.270. The summed E-state index contributed by atoms with van der Waals surface area (Å²) in [7, 11) is 0. The molecule has 0 radical (unpaired) electrons. The molecular formula is C13H28N2S. The number of nitrogens with two attached hydrogens (primary N) is 1. The van der Waals surface area contributed by atoms with Gasteiger partial charge in [-0.2, -0.15) is 11.8 Å². The van der Waals surface area contributed by atoms with Gasteiger partial charge in [0.25, 0.3) is 0 Å². The van der Waals surface area contributed by atoms with Gasteiger partial charge in [-0.25, -0.2) is 0 Å². The predicted molar refractivity (Wildman–Crippen MR) is 75.0 cm³/mol. The highest BCUT2D eigenvalue weighted by Crippen LogP contribution is 2.31. The first-order valence-corrected chi connectivity index (χ1v) is 7.62. The van der Waals surface area contributed by atoms with Crippen LogP contribution >= 0.6 is 11.8 Å². The summed E-state index contributed by atoms with van der Waals surface area (Å²) >= 11 is 2.07. The van der Waals surface area contributed by atoms with Gasteiger partial charge in [0.2, 0.25) is 0 Å². The zero-order valence-corrected chi connectivity index (χ0v) is 12.3. The summed E-state index contributed by atoms with van der Waals surface area (Å²) in [6.07, 6.45) is 1.07. The Kier molecular flexibility index (Phi) is 5.14. The first-order valence-electron chi connectivity index (χ1n) is 6.47. The number of hydrogen-bond acceptors (Lipinski definition) is 3. The highest BCUT2D eigenvalue weighted by molar-refractivity contribution is 7.99. The van der Waals surface area contributed by atoms with Crippen LogP contribution in [0.15, 0.2) is 0 Å². The Morgan fingerprint density at radius 1 is 1.44 bits per heavy atom. The second kappa shape index (κ2) is 5.74. The topological polar surface area (TPSA) is 29.3 Å². The summed E-state index contributed by atoms with van der Waals surface area (Å²) in [5, 5.41) is 0. The van der Waals surface area contributed by atoms with E-state index in [2.05, 4.69) is 51.3 Å². The van der Waals surface area contributed by atoms with Crippen LogP contribution in [0.3, 0.4) is 0 Å². The maximum absolute atomic E-state index is 6.35. The van der Waals surface area contributed by atoms with Crippen molar-refractivity contribution in [3.63, 3.8) is 0 Å². The molecule has 96 valence electrons. The van der Waals surface area contributed by atoms with Crippen molar-refractivity contribution in [1.29, 1.82) is 0 Å². The van der Waals surface area contributed by atoms with Gasteiger partial charge < -0.3 is 5.73 Å². The van der Waals surface area contributed by atoms with Crippen LogP contribution in [0.2, 0.25) is 0 Å². The predicted octanol–water partition coefficient (Wildman–Crippen LogP) is 2.58. The Balaban J connectivity index is 2.82. The van der Waals surface area contributed by atoms with Gasteiger partial charge in [-0.3, -0.25) is 4.90 Å².